The molecule has 2 N–H and O–H groups in total. The zero-order valence-corrected chi connectivity index (χ0v) is 12.5. The minimum Gasteiger partial charge on any atom is -0.362 e. The van der Waals surface area contributed by atoms with Gasteiger partial charge in [0.2, 0.25) is 0 Å². The lowest BCUT2D eigenvalue weighted by Crippen LogP contribution is -2.32. The van der Waals surface area contributed by atoms with Crippen molar-refractivity contribution in [1.29, 1.82) is 0 Å². The lowest BCUT2D eigenvalue weighted by Gasteiger charge is -2.32. The molecule has 0 fully saturated rings. The van der Waals surface area contributed by atoms with Crippen LogP contribution in [0.15, 0.2) is 49.6 Å². The van der Waals surface area contributed by atoms with E-state index in [1.54, 1.807) is 0 Å². The first-order valence-corrected chi connectivity index (χ1v) is 7.15. The van der Waals surface area contributed by atoms with Crippen LogP contribution in [0.5, 0.6) is 0 Å². The lowest BCUT2D eigenvalue weighted by molar-refractivity contribution is 0.698. The van der Waals surface area contributed by atoms with E-state index >= 15 is 0 Å². The van der Waals surface area contributed by atoms with Crippen LogP contribution in [-0.4, -0.2) is 0 Å². The number of aryl methyl sites for hydroxylation is 2. The van der Waals surface area contributed by atoms with Gasteiger partial charge in [-0.1, -0.05) is 55.1 Å². The number of rotatable bonds is 2. The fraction of sp³-hybridized carbons (Fsp3) is 0.158. The van der Waals surface area contributed by atoms with Crippen molar-refractivity contribution in [2.24, 2.45) is 0 Å². The van der Waals surface area contributed by atoms with Crippen LogP contribution in [0, 0.1) is 13.8 Å². The van der Waals surface area contributed by atoms with Gasteiger partial charge in [0, 0.05) is 16.9 Å². The van der Waals surface area contributed by atoms with Gasteiger partial charge in [-0.25, -0.2) is 0 Å². The summed E-state index contributed by atoms with van der Waals surface area (Å²) in [6.07, 6.45) is 1.91. The summed E-state index contributed by atoms with van der Waals surface area (Å²) in [7, 11) is 0. The molecule has 0 spiro atoms. The maximum absolute atomic E-state index is 4.19. The van der Waals surface area contributed by atoms with E-state index in [-0.39, 0.29) is 6.17 Å². The van der Waals surface area contributed by atoms with Crippen LogP contribution < -0.4 is 10.6 Å². The zero-order valence-electron chi connectivity index (χ0n) is 12.5. The maximum atomic E-state index is 4.19. The predicted octanol–water partition coefficient (Wildman–Crippen LogP) is 4.63. The summed E-state index contributed by atoms with van der Waals surface area (Å²) < 4.78 is 0. The van der Waals surface area contributed by atoms with Crippen molar-refractivity contribution in [1.82, 2.24) is 5.32 Å². The Hall–Kier alpha value is -2.48. The molecule has 1 aliphatic rings. The summed E-state index contributed by atoms with van der Waals surface area (Å²) in [4.78, 5) is 0. The minimum absolute atomic E-state index is 0.0469. The Kier molecular flexibility index (Phi) is 3.30. The van der Waals surface area contributed by atoms with Crippen LogP contribution in [0.1, 0.15) is 34.0 Å². The number of anilines is 1. The SMILES string of the molecule is C=Cc1cccc2c1C(=C)NC(c1ccc(C)cc1C)N2. The van der Waals surface area contributed by atoms with Gasteiger partial charge in [-0.05, 0) is 36.6 Å². The molecule has 2 heteroatoms. The molecule has 1 unspecified atom stereocenters. The Balaban J connectivity index is 2.03. The molecule has 0 bridgehead atoms. The molecule has 3 rings (SSSR count). The fourth-order valence-electron chi connectivity index (χ4n) is 2.94. The Labute approximate surface area is 126 Å². The smallest absolute Gasteiger partial charge is 0.123 e. The molecule has 2 nitrogen and oxygen atoms in total. The van der Waals surface area contributed by atoms with Crippen LogP contribution in [-0.2, 0) is 0 Å². The molecule has 0 radical (unpaired) electrons. The van der Waals surface area contributed by atoms with Gasteiger partial charge >= 0.3 is 0 Å². The summed E-state index contributed by atoms with van der Waals surface area (Å²) in [5.74, 6) is 0. The van der Waals surface area contributed by atoms with E-state index < -0.39 is 0 Å². The normalized spacial score (nSPS) is 16.7. The first-order valence-electron chi connectivity index (χ1n) is 7.15. The van der Waals surface area contributed by atoms with Crippen molar-refractivity contribution < 1.29 is 0 Å². The van der Waals surface area contributed by atoms with E-state index in [2.05, 4.69) is 68.0 Å². The van der Waals surface area contributed by atoms with Gasteiger partial charge in [0.05, 0.1) is 0 Å². The van der Waals surface area contributed by atoms with Crippen molar-refractivity contribution in [3.63, 3.8) is 0 Å². The molecule has 2 aromatic carbocycles. The van der Waals surface area contributed by atoms with Crippen molar-refractivity contribution in [2.45, 2.75) is 20.0 Å². The molecular formula is C19H20N2. The fourth-order valence-corrected chi connectivity index (χ4v) is 2.94. The van der Waals surface area contributed by atoms with E-state index in [9.17, 15) is 0 Å². The van der Waals surface area contributed by atoms with E-state index in [1.807, 2.05) is 12.1 Å². The van der Waals surface area contributed by atoms with Crippen LogP contribution in [0.4, 0.5) is 5.69 Å². The summed E-state index contributed by atoms with van der Waals surface area (Å²) in [6, 6.07) is 12.7. The molecule has 0 saturated carbocycles. The number of fused-ring (bicyclic) bond motifs is 1. The molecule has 1 aliphatic heterocycles. The molecule has 106 valence electrons. The highest BCUT2D eigenvalue weighted by Crippen LogP contribution is 2.35. The van der Waals surface area contributed by atoms with Gasteiger partial charge in [-0.2, -0.15) is 0 Å². The zero-order chi connectivity index (χ0) is 15.0. The van der Waals surface area contributed by atoms with E-state index in [0.29, 0.717) is 0 Å². The monoisotopic (exact) mass is 276 g/mol. The molecule has 0 amide bonds. The second-order valence-electron chi connectivity index (χ2n) is 5.53. The first-order chi connectivity index (χ1) is 10.1. The third-order valence-electron chi connectivity index (χ3n) is 3.97. The molecule has 0 aromatic heterocycles. The van der Waals surface area contributed by atoms with Gasteiger partial charge in [0.1, 0.15) is 6.17 Å². The van der Waals surface area contributed by atoms with E-state index in [0.717, 1.165) is 22.5 Å². The van der Waals surface area contributed by atoms with Gasteiger partial charge < -0.3 is 10.6 Å². The highest BCUT2D eigenvalue weighted by molar-refractivity contribution is 5.83. The molecule has 1 heterocycles. The lowest BCUT2D eigenvalue weighted by atomic mass is 9.97. The third-order valence-corrected chi connectivity index (χ3v) is 3.97. The highest BCUT2D eigenvalue weighted by atomic mass is 15.2. The average Bonchev–Trinajstić information content (AvgIpc) is 2.46. The van der Waals surface area contributed by atoms with Crippen LogP contribution >= 0.6 is 0 Å². The van der Waals surface area contributed by atoms with Crippen molar-refractivity contribution in [2.75, 3.05) is 5.32 Å². The van der Waals surface area contributed by atoms with Crippen molar-refractivity contribution in [3.05, 3.63) is 77.4 Å². The Morgan fingerprint density at radius 2 is 1.90 bits per heavy atom. The van der Waals surface area contributed by atoms with Crippen LogP contribution in [0.25, 0.3) is 11.8 Å². The summed E-state index contributed by atoms with van der Waals surface area (Å²) >= 11 is 0. The van der Waals surface area contributed by atoms with Gasteiger partial charge in [0.25, 0.3) is 0 Å². The van der Waals surface area contributed by atoms with Gasteiger partial charge in [0.15, 0.2) is 0 Å². The Bertz CT molecular complexity index is 728. The maximum Gasteiger partial charge on any atom is 0.123 e. The topological polar surface area (TPSA) is 24.1 Å². The van der Waals surface area contributed by atoms with Crippen molar-refractivity contribution >= 4 is 17.5 Å². The third kappa shape index (κ3) is 2.33. The molecule has 0 aliphatic carbocycles. The van der Waals surface area contributed by atoms with Gasteiger partial charge in [-0.3, -0.25) is 0 Å². The van der Waals surface area contributed by atoms with Gasteiger partial charge in [-0.15, -0.1) is 0 Å². The number of hydrogen-bond acceptors (Lipinski definition) is 2. The molecular weight excluding hydrogens is 256 g/mol. The van der Waals surface area contributed by atoms with Crippen LogP contribution in [0.3, 0.4) is 0 Å². The Morgan fingerprint density at radius 3 is 2.62 bits per heavy atom. The Morgan fingerprint density at radius 1 is 1.10 bits per heavy atom. The predicted molar refractivity (Wildman–Crippen MR) is 91.0 cm³/mol. The summed E-state index contributed by atoms with van der Waals surface area (Å²) in [6.45, 7) is 12.3. The van der Waals surface area contributed by atoms with E-state index in [4.69, 9.17) is 0 Å². The average molecular weight is 276 g/mol. The second-order valence-corrected chi connectivity index (χ2v) is 5.53. The standard InChI is InChI=1S/C19H20N2/c1-5-15-7-6-8-17-18(15)14(4)20-19(21-17)16-10-9-12(2)11-13(16)3/h5-11,19-21H,1,4H2,2-3H3. The first kappa shape index (κ1) is 13.5. The minimum atomic E-state index is 0.0469. The second kappa shape index (κ2) is 5.13. The van der Waals surface area contributed by atoms with Crippen molar-refractivity contribution in [3.8, 4) is 0 Å². The molecule has 21 heavy (non-hydrogen) atoms. The van der Waals surface area contributed by atoms with E-state index in [1.165, 1.54) is 16.7 Å². The summed E-state index contributed by atoms with van der Waals surface area (Å²) in [5.41, 5.74) is 8.03. The number of benzene rings is 2. The number of nitrogens with one attached hydrogen (secondary N) is 2. The summed E-state index contributed by atoms with van der Waals surface area (Å²) in [5, 5.41) is 7.03. The quantitative estimate of drug-likeness (QED) is 0.835. The van der Waals surface area contributed by atoms with Crippen LogP contribution in [0.2, 0.25) is 0 Å². The largest absolute Gasteiger partial charge is 0.362 e. The molecule has 0 saturated heterocycles. The highest BCUT2D eigenvalue weighted by Gasteiger charge is 2.23. The molecule has 1 atom stereocenters. The molecule has 2 aromatic rings. The number of hydrogen-bond donors (Lipinski definition) is 2.